The second kappa shape index (κ2) is 10.4. The SMILES string of the molecule is CCc1ccc(OCC(=O)NC2NNC(C)C2c2cc(OC)c(OC)c(OC)c2)cc1. The summed E-state index contributed by atoms with van der Waals surface area (Å²) in [5.41, 5.74) is 8.52. The van der Waals surface area contributed by atoms with Gasteiger partial charge in [0.1, 0.15) is 11.9 Å². The van der Waals surface area contributed by atoms with Crippen LogP contribution in [0.5, 0.6) is 23.0 Å². The molecular formula is C23H31N3O5. The molecule has 31 heavy (non-hydrogen) atoms. The summed E-state index contributed by atoms with van der Waals surface area (Å²) in [7, 11) is 4.73. The van der Waals surface area contributed by atoms with Crippen molar-refractivity contribution in [2.24, 2.45) is 0 Å². The molecule has 1 aliphatic heterocycles. The average Bonchev–Trinajstić information content (AvgIpc) is 3.16. The molecule has 0 radical (unpaired) electrons. The third kappa shape index (κ3) is 5.21. The van der Waals surface area contributed by atoms with Gasteiger partial charge >= 0.3 is 0 Å². The normalized spacial score (nSPS) is 20.2. The summed E-state index contributed by atoms with van der Waals surface area (Å²) in [6.07, 6.45) is 0.623. The third-order valence-electron chi connectivity index (χ3n) is 5.45. The first-order valence-electron chi connectivity index (χ1n) is 10.3. The maximum Gasteiger partial charge on any atom is 0.259 e. The van der Waals surface area contributed by atoms with Crippen LogP contribution in [-0.4, -0.2) is 46.1 Å². The van der Waals surface area contributed by atoms with E-state index in [2.05, 4.69) is 23.1 Å². The van der Waals surface area contributed by atoms with Gasteiger partial charge in [-0.3, -0.25) is 10.2 Å². The standard InChI is InChI=1S/C23H31N3O5/c1-6-15-7-9-17(10-8-15)31-13-20(27)24-23-21(14(2)25-26-23)16-11-18(28-3)22(30-5)19(12-16)29-4/h7-12,14,21,23,25-26H,6,13H2,1-5H3,(H,24,27). The fraction of sp³-hybridized carbons (Fsp3) is 0.435. The molecule has 1 aliphatic rings. The van der Waals surface area contributed by atoms with E-state index in [0.717, 1.165) is 12.0 Å². The molecular weight excluding hydrogens is 398 g/mol. The lowest BCUT2D eigenvalue weighted by Crippen LogP contribution is -2.47. The predicted molar refractivity (Wildman–Crippen MR) is 118 cm³/mol. The minimum absolute atomic E-state index is 0.0515. The molecule has 3 N–H and O–H groups in total. The number of rotatable bonds is 9. The van der Waals surface area contributed by atoms with Crippen LogP contribution in [0.15, 0.2) is 36.4 Å². The van der Waals surface area contributed by atoms with E-state index in [1.54, 1.807) is 21.3 Å². The third-order valence-corrected chi connectivity index (χ3v) is 5.45. The smallest absolute Gasteiger partial charge is 0.259 e. The lowest BCUT2D eigenvalue weighted by atomic mass is 9.90. The summed E-state index contributed by atoms with van der Waals surface area (Å²) >= 11 is 0. The lowest BCUT2D eigenvalue weighted by Gasteiger charge is -2.24. The van der Waals surface area contributed by atoms with Gasteiger partial charge in [0.05, 0.1) is 21.3 Å². The molecule has 2 aromatic rings. The van der Waals surface area contributed by atoms with Gasteiger partial charge < -0.3 is 24.3 Å². The molecule has 3 unspecified atom stereocenters. The molecule has 3 rings (SSSR count). The van der Waals surface area contributed by atoms with Crippen LogP contribution in [0.3, 0.4) is 0 Å². The Morgan fingerprint density at radius 2 is 1.65 bits per heavy atom. The number of hydrogen-bond donors (Lipinski definition) is 3. The fourth-order valence-corrected chi connectivity index (χ4v) is 3.78. The van der Waals surface area contributed by atoms with E-state index < -0.39 is 0 Å². The summed E-state index contributed by atoms with van der Waals surface area (Å²) in [4.78, 5) is 12.6. The van der Waals surface area contributed by atoms with E-state index >= 15 is 0 Å². The number of methoxy groups -OCH3 is 3. The average molecular weight is 430 g/mol. The highest BCUT2D eigenvalue weighted by molar-refractivity contribution is 5.78. The number of carbonyl (C=O) groups excluding carboxylic acids is 1. The van der Waals surface area contributed by atoms with Crippen LogP contribution in [0.25, 0.3) is 0 Å². The van der Waals surface area contributed by atoms with E-state index in [-0.39, 0.29) is 30.6 Å². The van der Waals surface area contributed by atoms with Crippen molar-refractivity contribution in [2.75, 3.05) is 27.9 Å². The zero-order valence-electron chi connectivity index (χ0n) is 18.7. The molecule has 0 bridgehead atoms. The van der Waals surface area contributed by atoms with Gasteiger partial charge in [-0.25, -0.2) is 5.43 Å². The Morgan fingerprint density at radius 1 is 1.00 bits per heavy atom. The molecule has 1 amide bonds. The first-order valence-corrected chi connectivity index (χ1v) is 10.3. The first-order chi connectivity index (χ1) is 15.0. The summed E-state index contributed by atoms with van der Waals surface area (Å²) in [5.74, 6) is 2.05. The van der Waals surface area contributed by atoms with Crippen LogP contribution in [0, 0.1) is 0 Å². The van der Waals surface area contributed by atoms with Gasteiger partial charge in [0.15, 0.2) is 18.1 Å². The Labute approximate surface area is 183 Å². The predicted octanol–water partition coefficient (Wildman–Crippen LogP) is 2.38. The molecule has 2 aromatic carbocycles. The molecule has 1 saturated heterocycles. The van der Waals surface area contributed by atoms with Gasteiger partial charge in [0.25, 0.3) is 5.91 Å². The highest BCUT2D eigenvalue weighted by Gasteiger charge is 2.36. The molecule has 1 fully saturated rings. The highest BCUT2D eigenvalue weighted by Crippen LogP contribution is 2.41. The Hall–Kier alpha value is -2.97. The van der Waals surface area contributed by atoms with E-state index in [1.165, 1.54) is 5.56 Å². The van der Waals surface area contributed by atoms with Crippen LogP contribution in [0.2, 0.25) is 0 Å². The number of amides is 1. The van der Waals surface area contributed by atoms with Crippen molar-refractivity contribution in [2.45, 2.75) is 38.4 Å². The largest absolute Gasteiger partial charge is 0.493 e. The number of hydrazine groups is 1. The summed E-state index contributed by atoms with van der Waals surface area (Å²) in [6.45, 7) is 4.07. The van der Waals surface area contributed by atoms with Crippen LogP contribution < -0.4 is 35.1 Å². The number of carbonyl (C=O) groups is 1. The van der Waals surface area contributed by atoms with E-state index in [9.17, 15) is 4.79 Å². The second-order valence-electron chi connectivity index (χ2n) is 7.39. The fourth-order valence-electron chi connectivity index (χ4n) is 3.78. The van der Waals surface area contributed by atoms with E-state index in [1.807, 2.05) is 43.3 Å². The molecule has 8 nitrogen and oxygen atoms in total. The monoisotopic (exact) mass is 429 g/mol. The Balaban J connectivity index is 1.70. The summed E-state index contributed by atoms with van der Waals surface area (Å²) in [5, 5.41) is 3.00. The molecule has 0 aromatic heterocycles. The van der Waals surface area contributed by atoms with Crippen LogP contribution in [0.1, 0.15) is 30.9 Å². The first kappa shape index (κ1) is 22.7. The molecule has 8 heteroatoms. The molecule has 0 spiro atoms. The molecule has 1 heterocycles. The minimum Gasteiger partial charge on any atom is -0.493 e. The maximum atomic E-state index is 12.6. The number of nitrogens with one attached hydrogen (secondary N) is 3. The van der Waals surface area contributed by atoms with Crippen molar-refractivity contribution >= 4 is 5.91 Å². The van der Waals surface area contributed by atoms with Crippen molar-refractivity contribution in [3.63, 3.8) is 0 Å². The summed E-state index contributed by atoms with van der Waals surface area (Å²) in [6, 6.07) is 11.6. The zero-order chi connectivity index (χ0) is 22.4. The molecule has 0 aliphatic carbocycles. The van der Waals surface area contributed by atoms with Gasteiger partial charge in [-0.15, -0.1) is 0 Å². The van der Waals surface area contributed by atoms with E-state index in [4.69, 9.17) is 18.9 Å². The van der Waals surface area contributed by atoms with Gasteiger partial charge in [0, 0.05) is 12.0 Å². The van der Waals surface area contributed by atoms with Gasteiger partial charge in [0.2, 0.25) is 5.75 Å². The van der Waals surface area contributed by atoms with E-state index in [0.29, 0.717) is 23.0 Å². The topological polar surface area (TPSA) is 90.1 Å². The van der Waals surface area contributed by atoms with Crippen molar-refractivity contribution < 1.29 is 23.7 Å². The maximum absolute atomic E-state index is 12.6. The Morgan fingerprint density at radius 3 is 2.19 bits per heavy atom. The van der Waals surface area contributed by atoms with Gasteiger partial charge in [-0.2, -0.15) is 0 Å². The van der Waals surface area contributed by atoms with Crippen molar-refractivity contribution in [1.29, 1.82) is 0 Å². The zero-order valence-corrected chi connectivity index (χ0v) is 18.7. The lowest BCUT2D eigenvalue weighted by molar-refractivity contribution is -0.124. The number of hydrogen-bond acceptors (Lipinski definition) is 7. The Kier molecular flexibility index (Phi) is 7.59. The number of benzene rings is 2. The number of aryl methyl sites for hydroxylation is 1. The van der Waals surface area contributed by atoms with Gasteiger partial charge in [-0.05, 0) is 48.7 Å². The Bertz CT molecular complexity index is 862. The second-order valence-corrected chi connectivity index (χ2v) is 7.39. The van der Waals surface area contributed by atoms with Crippen LogP contribution >= 0.6 is 0 Å². The van der Waals surface area contributed by atoms with Crippen molar-refractivity contribution in [1.82, 2.24) is 16.2 Å². The molecule has 3 atom stereocenters. The summed E-state index contributed by atoms with van der Waals surface area (Å²) < 4.78 is 22.0. The van der Waals surface area contributed by atoms with Crippen molar-refractivity contribution in [3.8, 4) is 23.0 Å². The minimum atomic E-state index is -0.337. The quantitative estimate of drug-likeness (QED) is 0.564. The van der Waals surface area contributed by atoms with Crippen LogP contribution in [0.4, 0.5) is 0 Å². The highest BCUT2D eigenvalue weighted by atomic mass is 16.5. The molecule has 168 valence electrons. The van der Waals surface area contributed by atoms with Crippen molar-refractivity contribution in [3.05, 3.63) is 47.5 Å². The van der Waals surface area contributed by atoms with Crippen LogP contribution in [-0.2, 0) is 11.2 Å². The number of ether oxygens (including phenoxy) is 4. The van der Waals surface area contributed by atoms with Gasteiger partial charge in [-0.1, -0.05) is 19.1 Å². The molecule has 0 saturated carbocycles.